The second kappa shape index (κ2) is 14.0. The summed E-state index contributed by atoms with van der Waals surface area (Å²) in [4.78, 5) is 17.2. The van der Waals surface area contributed by atoms with Crippen molar-refractivity contribution in [2.45, 2.75) is 43.6 Å². The van der Waals surface area contributed by atoms with Crippen molar-refractivity contribution in [3.05, 3.63) is 126 Å². The van der Waals surface area contributed by atoms with E-state index in [0.29, 0.717) is 29.9 Å². The van der Waals surface area contributed by atoms with Crippen LogP contribution in [-0.2, 0) is 29.5 Å². The molecule has 2 atom stereocenters. The molecule has 0 aliphatic carbocycles. The van der Waals surface area contributed by atoms with Gasteiger partial charge in [0.25, 0.3) is 5.91 Å². The number of benzene rings is 3. The van der Waals surface area contributed by atoms with Crippen LogP contribution in [0.4, 0.5) is 0 Å². The third-order valence-corrected chi connectivity index (χ3v) is 8.26. The van der Waals surface area contributed by atoms with Crippen molar-refractivity contribution < 1.29 is 23.1 Å². The van der Waals surface area contributed by atoms with Gasteiger partial charge in [-0.1, -0.05) is 48.5 Å². The summed E-state index contributed by atoms with van der Waals surface area (Å²) in [5, 5.41) is 12.8. The summed E-state index contributed by atoms with van der Waals surface area (Å²) in [6.45, 7) is 2.53. The lowest BCUT2D eigenvalue weighted by atomic mass is 10.0. The quantitative estimate of drug-likeness (QED) is 0.208. The number of nitrogens with one attached hydrogen (secondary N) is 1. The minimum absolute atomic E-state index is 0.0739. The Bertz CT molecular complexity index is 1500. The van der Waals surface area contributed by atoms with Gasteiger partial charge in [-0.2, -0.15) is 4.31 Å². The highest BCUT2D eigenvalue weighted by molar-refractivity contribution is 7.89. The van der Waals surface area contributed by atoms with E-state index in [1.54, 1.807) is 54.9 Å². The normalized spacial score (nSPS) is 13.0. The summed E-state index contributed by atoms with van der Waals surface area (Å²) >= 11 is 0. The third kappa shape index (κ3) is 8.21. The lowest BCUT2D eigenvalue weighted by Gasteiger charge is -2.23. The number of aliphatic hydroxyl groups excluding tert-OH is 1. The smallest absolute Gasteiger partial charge is 0.251 e. The molecule has 4 aromatic rings. The second-order valence-corrected chi connectivity index (χ2v) is 11.4. The maximum atomic E-state index is 13.7. The SMILES string of the molecule is CCOc1ccc(S(=O)(=O)N(Cc2ccc(C(=O)N[C@@H](Cc3ccccc3)C(N)O)cc2)Cc2cccnc2)cc1. The van der Waals surface area contributed by atoms with E-state index in [1.165, 1.54) is 16.4 Å². The molecule has 4 rings (SSSR count). The van der Waals surface area contributed by atoms with Crippen LogP contribution in [-0.4, -0.2) is 47.6 Å². The van der Waals surface area contributed by atoms with Crippen molar-refractivity contribution in [3.63, 3.8) is 0 Å². The molecule has 0 aliphatic rings. The largest absolute Gasteiger partial charge is 0.494 e. The fourth-order valence-corrected chi connectivity index (χ4v) is 5.70. The molecule has 9 nitrogen and oxygen atoms in total. The van der Waals surface area contributed by atoms with E-state index >= 15 is 0 Å². The molecule has 0 spiro atoms. The van der Waals surface area contributed by atoms with Gasteiger partial charge in [0, 0.05) is 31.0 Å². The van der Waals surface area contributed by atoms with Crippen LogP contribution < -0.4 is 15.8 Å². The summed E-state index contributed by atoms with van der Waals surface area (Å²) < 4.78 is 34.2. The Kier molecular flexibility index (Phi) is 10.2. The lowest BCUT2D eigenvalue weighted by molar-refractivity contribution is 0.0842. The van der Waals surface area contributed by atoms with Crippen molar-refractivity contribution >= 4 is 15.9 Å². The summed E-state index contributed by atoms with van der Waals surface area (Å²) in [6.07, 6.45) is 2.39. The number of hydrogen-bond donors (Lipinski definition) is 3. The van der Waals surface area contributed by atoms with Gasteiger partial charge >= 0.3 is 0 Å². The number of carbonyl (C=O) groups is 1. The molecule has 0 saturated heterocycles. The van der Waals surface area contributed by atoms with Gasteiger partial charge in [-0.15, -0.1) is 0 Å². The van der Waals surface area contributed by atoms with Crippen LogP contribution >= 0.6 is 0 Å². The highest BCUT2D eigenvalue weighted by Gasteiger charge is 2.26. The molecule has 1 heterocycles. The van der Waals surface area contributed by atoms with Crippen molar-refractivity contribution in [1.29, 1.82) is 0 Å². The summed E-state index contributed by atoms with van der Waals surface area (Å²) in [7, 11) is -3.88. The Morgan fingerprint density at radius 2 is 1.59 bits per heavy atom. The number of amides is 1. The Labute approximate surface area is 240 Å². The van der Waals surface area contributed by atoms with Crippen molar-refractivity contribution in [3.8, 4) is 5.75 Å². The number of hydrogen-bond acceptors (Lipinski definition) is 7. The van der Waals surface area contributed by atoms with Crippen molar-refractivity contribution in [1.82, 2.24) is 14.6 Å². The van der Waals surface area contributed by atoms with Gasteiger partial charge in [0.05, 0.1) is 17.5 Å². The van der Waals surface area contributed by atoms with Gasteiger partial charge in [-0.05, 0) is 72.5 Å². The maximum absolute atomic E-state index is 13.7. The molecule has 1 amide bonds. The topological polar surface area (TPSA) is 135 Å². The van der Waals surface area contributed by atoms with E-state index in [0.717, 1.165) is 11.1 Å². The van der Waals surface area contributed by atoms with E-state index in [2.05, 4.69) is 10.3 Å². The molecule has 0 bridgehead atoms. The molecule has 41 heavy (non-hydrogen) atoms. The number of sulfonamides is 1. The van der Waals surface area contributed by atoms with Gasteiger partial charge in [0.1, 0.15) is 12.0 Å². The lowest BCUT2D eigenvalue weighted by Crippen LogP contribution is -2.48. The summed E-state index contributed by atoms with van der Waals surface area (Å²) in [5.41, 5.74) is 8.46. The summed E-state index contributed by atoms with van der Waals surface area (Å²) in [6, 6.07) is 25.3. The summed E-state index contributed by atoms with van der Waals surface area (Å²) in [5.74, 6) is 0.198. The highest BCUT2D eigenvalue weighted by atomic mass is 32.2. The second-order valence-electron chi connectivity index (χ2n) is 9.50. The van der Waals surface area contributed by atoms with Crippen LogP contribution in [0.3, 0.4) is 0 Å². The zero-order valence-electron chi connectivity index (χ0n) is 22.8. The van der Waals surface area contributed by atoms with Crippen LogP contribution in [0.15, 0.2) is 108 Å². The fourth-order valence-electron chi connectivity index (χ4n) is 4.29. The maximum Gasteiger partial charge on any atom is 0.251 e. The number of ether oxygens (including phenoxy) is 1. The van der Waals surface area contributed by atoms with Crippen LogP contribution in [0, 0.1) is 0 Å². The Morgan fingerprint density at radius 1 is 0.927 bits per heavy atom. The van der Waals surface area contributed by atoms with Crippen molar-refractivity contribution in [2.75, 3.05) is 6.61 Å². The zero-order valence-corrected chi connectivity index (χ0v) is 23.6. The molecular formula is C31H34N4O5S. The van der Waals surface area contributed by atoms with Crippen LogP contribution in [0.1, 0.15) is 34.0 Å². The van der Waals surface area contributed by atoms with E-state index in [1.807, 2.05) is 43.3 Å². The molecule has 214 valence electrons. The van der Waals surface area contributed by atoms with Crippen LogP contribution in [0.5, 0.6) is 5.75 Å². The van der Waals surface area contributed by atoms with E-state index in [9.17, 15) is 18.3 Å². The standard InChI is InChI=1S/C31H34N4O5S/c1-2-40-27-14-16-28(17-15-27)41(38,39)35(22-25-9-6-18-33-20-25)21-24-10-12-26(13-11-24)31(37)34-29(30(32)36)19-23-7-4-3-5-8-23/h3-18,20,29-30,36H,2,19,21-22,32H2,1H3,(H,34,37)/t29-,30?/m0/s1. The minimum atomic E-state index is -3.88. The molecule has 1 aromatic heterocycles. The minimum Gasteiger partial charge on any atom is -0.494 e. The first-order chi connectivity index (χ1) is 19.8. The molecule has 0 fully saturated rings. The number of aromatic nitrogens is 1. The first-order valence-electron chi connectivity index (χ1n) is 13.3. The number of rotatable bonds is 13. The molecule has 10 heteroatoms. The predicted octanol–water partition coefficient (Wildman–Crippen LogP) is 3.49. The van der Waals surface area contributed by atoms with Gasteiger partial charge in [0.15, 0.2) is 0 Å². The van der Waals surface area contributed by atoms with Crippen LogP contribution in [0.25, 0.3) is 0 Å². The van der Waals surface area contributed by atoms with E-state index < -0.39 is 28.2 Å². The predicted molar refractivity (Wildman–Crippen MR) is 156 cm³/mol. The Morgan fingerprint density at radius 3 is 2.20 bits per heavy atom. The van der Waals surface area contributed by atoms with Gasteiger partial charge in [0.2, 0.25) is 10.0 Å². The molecule has 0 saturated carbocycles. The number of carbonyl (C=O) groups excluding carboxylic acids is 1. The Balaban J connectivity index is 1.51. The Hall–Kier alpha value is -4.09. The monoisotopic (exact) mass is 574 g/mol. The number of pyridine rings is 1. The molecule has 0 radical (unpaired) electrons. The highest BCUT2D eigenvalue weighted by Crippen LogP contribution is 2.23. The van der Waals surface area contributed by atoms with E-state index in [-0.39, 0.29) is 18.0 Å². The third-order valence-electron chi connectivity index (χ3n) is 6.46. The fraction of sp³-hybridized carbons (Fsp3) is 0.226. The molecular weight excluding hydrogens is 540 g/mol. The number of nitrogens with zero attached hydrogens (tertiary/aromatic N) is 2. The number of aliphatic hydroxyl groups is 1. The van der Waals surface area contributed by atoms with Crippen molar-refractivity contribution in [2.24, 2.45) is 5.73 Å². The van der Waals surface area contributed by atoms with Gasteiger partial charge < -0.3 is 20.9 Å². The molecule has 4 N–H and O–H groups in total. The van der Waals surface area contributed by atoms with Gasteiger partial charge in [-0.25, -0.2) is 8.42 Å². The van der Waals surface area contributed by atoms with Gasteiger partial charge in [-0.3, -0.25) is 9.78 Å². The average molecular weight is 575 g/mol. The average Bonchev–Trinajstić information content (AvgIpc) is 2.98. The zero-order chi connectivity index (χ0) is 29.2. The molecule has 1 unspecified atom stereocenters. The molecule has 0 aliphatic heterocycles. The van der Waals surface area contributed by atoms with Crippen LogP contribution in [0.2, 0.25) is 0 Å². The molecule has 3 aromatic carbocycles. The first kappa shape index (κ1) is 29.9. The first-order valence-corrected chi connectivity index (χ1v) is 14.7. The van der Waals surface area contributed by atoms with E-state index in [4.69, 9.17) is 10.5 Å². The number of nitrogens with two attached hydrogens (primary N) is 1.